The lowest BCUT2D eigenvalue weighted by Crippen LogP contribution is -2.54. The minimum Gasteiger partial charge on any atom is -0.483 e. The van der Waals surface area contributed by atoms with E-state index < -0.39 is 23.8 Å². The molecule has 0 atom stereocenters. The summed E-state index contributed by atoms with van der Waals surface area (Å²) in [6, 6.07) is 9.91. The van der Waals surface area contributed by atoms with Crippen LogP contribution in [0.4, 0.5) is 10.5 Å². The topological polar surface area (TPSA) is 119 Å². The van der Waals surface area contributed by atoms with Crippen LogP contribution in [0.15, 0.2) is 52.5 Å². The number of hydrogen-bond acceptors (Lipinski definition) is 5. The van der Waals surface area contributed by atoms with Crippen LogP contribution in [0, 0.1) is 0 Å². The van der Waals surface area contributed by atoms with Gasteiger partial charge in [-0.2, -0.15) is 0 Å². The first-order chi connectivity index (χ1) is 13.8. The summed E-state index contributed by atoms with van der Waals surface area (Å²) in [5.41, 5.74) is 5.39. The normalized spacial score (nSPS) is 15.4. The number of anilines is 1. The van der Waals surface area contributed by atoms with Gasteiger partial charge in [-0.15, -0.1) is 0 Å². The Balaban J connectivity index is 2.01. The molecule has 3 N–H and O–H groups in total. The Labute approximate surface area is 178 Å². The van der Waals surface area contributed by atoms with Crippen molar-refractivity contribution >= 4 is 63.0 Å². The van der Waals surface area contributed by atoms with Crippen molar-refractivity contribution in [2.45, 2.75) is 0 Å². The number of primary amides is 1. The molecule has 2 aromatic rings. The van der Waals surface area contributed by atoms with E-state index in [1.54, 1.807) is 18.2 Å². The number of hydrogen-bond donors (Lipinski definition) is 2. The Morgan fingerprint density at radius 3 is 2.52 bits per heavy atom. The number of carbonyl (C=O) groups excluding carboxylic acids is 4. The zero-order chi connectivity index (χ0) is 21.1. The largest absolute Gasteiger partial charge is 0.483 e. The molecule has 0 aliphatic carbocycles. The number of carbonyl (C=O) groups is 4. The summed E-state index contributed by atoms with van der Waals surface area (Å²) in [4.78, 5) is 49.3. The quantitative estimate of drug-likeness (QED) is 0.506. The molecule has 10 heteroatoms. The van der Waals surface area contributed by atoms with E-state index in [0.29, 0.717) is 15.1 Å². The first-order valence-electron chi connectivity index (χ1n) is 8.14. The maximum Gasteiger partial charge on any atom is 0.335 e. The second-order valence-electron chi connectivity index (χ2n) is 5.87. The van der Waals surface area contributed by atoms with Crippen molar-refractivity contribution in [3.05, 3.63) is 63.1 Å². The van der Waals surface area contributed by atoms with Crippen LogP contribution in [-0.2, 0) is 14.4 Å². The van der Waals surface area contributed by atoms with E-state index >= 15 is 0 Å². The number of barbiturate groups is 1. The van der Waals surface area contributed by atoms with Crippen molar-refractivity contribution in [3.8, 4) is 5.75 Å². The smallest absolute Gasteiger partial charge is 0.335 e. The Bertz CT molecular complexity index is 1050. The summed E-state index contributed by atoms with van der Waals surface area (Å²) in [5, 5.41) is 2.55. The van der Waals surface area contributed by atoms with Crippen molar-refractivity contribution in [1.82, 2.24) is 5.32 Å². The van der Waals surface area contributed by atoms with Gasteiger partial charge in [-0.1, -0.05) is 27.5 Å². The molecule has 0 aromatic heterocycles. The molecule has 2 aromatic carbocycles. The number of nitrogens with two attached hydrogens (primary N) is 1. The SMILES string of the molecule is NC(=O)COc1ccc(Br)cc1/C=C1\C(=O)NC(=O)N(c2ccc(Cl)cc2)C1=O. The van der Waals surface area contributed by atoms with Gasteiger partial charge in [-0.05, 0) is 48.5 Å². The van der Waals surface area contributed by atoms with E-state index in [1.165, 1.54) is 30.3 Å². The van der Waals surface area contributed by atoms with Gasteiger partial charge in [-0.25, -0.2) is 9.69 Å². The molecule has 1 heterocycles. The van der Waals surface area contributed by atoms with Gasteiger partial charge in [0, 0.05) is 15.1 Å². The number of benzene rings is 2. The fourth-order valence-electron chi connectivity index (χ4n) is 2.55. The van der Waals surface area contributed by atoms with Gasteiger partial charge >= 0.3 is 6.03 Å². The number of halogens is 2. The highest BCUT2D eigenvalue weighted by atomic mass is 79.9. The summed E-state index contributed by atoms with van der Waals surface area (Å²) in [6.07, 6.45) is 1.27. The van der Waals surface area contributed by atoms with Crippen molar-refractivity contribution in [2.75, 3.05) is 11.5 Å². The molecule has 8 nitrogen and oxygen atoms in total. The third-order valence-electron chi connectivity index (χ3n) is 3.83. The second-order valence-corrected chi connectivity index (χ2v) is 7.22. The molecule has 0 bridgehead atoms. The Hall–Kier alpha value is -3.17. The van der Waals surface area contributed by atoms with E-state index in [1.807, 2.05) is 0 Å². The predicted octanol–water partition coefficient (Wildman–Crippen LogP) is 2.63. The molecule has 0 radical (unpaired) electrons. The molecule has 1 fully saturated rings. The molecule has 148 valence electrons. The highest BCUT2D eigenvalue weighted by Gasteiger charge is 2.37. The van der Waals surface area contributed by atoms with Crippen LogP contribution in [-0.4, -0.2) is 30.4 Å². The molecule has 5 amide bonds. The average Bonchev–Trinajstić information content (AvgIpc) is 2.65. The first-order valence-corrected chi connectivity index (χ1v) is 9.31. The van der Waals surface area contributed by atoms with Gasteiger partial charge in [0.05, 0.1) is 5.69 Å². The van der Waals surface area contributed by atoms with Crippen LogP contribution in [0.2, 0.25) is 5.02 Å². The number of rotatable bonds is 5. The zero-order valence-electron chi connectivity index (χ0n) is 14.6. The number of imide groups is 2. The third-order valence-corrected chi connectivity index (χ3v) is 4.57. The van der Waals surface area contributed by atoms with Crippen LogP contribution in [0.3, 0.4) is 0 Å². The molecule has 1 aliphatic rings. The number of amides is 5. The Kier molecular flexibility index (Phi) is 6.00. The minimum absolute atomic E-state index is 0.232. The van der Waals surface area contributed by atoms with Crippen molar-refractivity contribution in [3.63, 3.8) is 0 Å². The lowest BCUT2D eigenvalue weighted by Gasteiger charge is -2.26. The van der Waals surface area contributed by atoms with E-state index in [0.717, 1.165) is 4.90 Å². The molecule has 0 spiro atoms. The van der Waals surface area contributed by atoms with Gasteiger partial charge in [-0.3, -0.25) is 19.7 Å². The molecular formula is C19H13BrClN3O5. The maximum absolute atomic E-state index is 12.9. The lowest BCUT2D eigenvalue weighted by atomic mass is 10.1. The monoisotopic (exact) mass is 477 g/mol. The van der Waals surface area contributed by atoms with Crippen LogP contribution >= 0.6 is 27.5 Å². The van der Waals surface area contributed by atoms with Gasteiger partial charge in [0.1, 0.15) is 11.3 Å². The minimum atomic E-state index is -0.876. The van der Waals surface area contributed by atoms with Gasteiger partial charge in [0.2, 0.25) is 0 Å². The highest BCUT2D eigenvalue weighted by Crippen LogP contribution is 2.28. The average molecular weight is 479 g/mol. The predicted molar refractivity (Wildman–Crippen MR) is 109 cm³/mol. The molecule has 1 saturated heterocycles. The Morgan fingerprint density at radius 1 is 1.17 bits per heavy atom. The summed E-state index contributed by atoms with van der Waals surface area (Å²) in [5.74, 6) is -2.12. The number of ether oxygens (including phenoxy) is 1. The van der Waals surface area contributed by atoms with E-state index in [9.17, 15) is 19.2 Å². The second kappa shape index (κ2) is 8.46. The lowest BCUT2D eigenvalue weighted by molar-refractivity contribution is -0.123. The van der Waals surface area contributed by atoms with Gasteiger partial charge < -0.3 is 10.5 Å². The van der Waals surface area contributed by atoms with Crippen LogP contribution in [0.25, 0.3) is 6.08 Å². The van der Waals surface area contributed by atoms with Crippen molar-refractivity contribution in [1.29, 1.82) is 0 Å². The van der Waals surface area contributed by atoms with Crippen molar-refractivity contribution < 1.29 is 23.9 Å². The molecule has 1 aliphatic heterocycles. The molecular weight excluding hydrogens is 466 g/mol. The summed E-state index contributed by atoms with van der Waals surface area (Å²) >= 11 is 9.14. The zero-order valence-corrected chi connectivity index (χ0v) is 17.0. The fourth-order valence-corrected chi connectivity index (χ4v) is 3.05. The molecule has 29 heavy (non-hydrogen) atoms. The third kappa shape index (κ3) is 4.64. The summed E-state index contributed by atoms with van der Waals surface area (Å²) in [6.45, 7) is -0.382. The summed E-state index contributed by atoms with van der Waals surface area (Å²) < 4.78 is 5.98. The van der Waals surface area contributed by atoms with Crippen LogP contribution < -0.4 is 20.7 Å². The standard InChI is InChI=1S/C19H13BrClN3O5/c20-11-1-6-15(29-9-16(22)25)10(7-11)8-14-17(26)23-19(28)24(18(14)27)13-4-2-12(21)3-5-13/h1-8H,9H2,(H2,22,25)(H,23,26,28)/b14-8+. The first kappa shape index (κ1) is 20.6. The van der Waals surface area contributed by atoms with Crippen LogP contribution in [0.5, 0.6) is 5.75 Å². The van der Waals surface area contributed by atoms with E-state index in [4.69, 9.17) is 22.1 Å². The fraction of sp³-hybridized carbons (Fsp3) is 0.0526. The number of nitrogens with one attached hydrogen (secondary N) is 1. The maximum atomic E-state index is 12.9. The van der Waals surface area contributed by atoms with Gasteiger partial charge in [0.15, 0.2) is 6.61 Å². The van der Waals surface area contributed by atoms with E-state index in [-0.39, 0.29) is 23.6 Å². The summed E-state index contributed by atoms with van der Waals surface area (Å²) in [7, 11) is 0. The van der Waals surface area contributed by atoms with Crippen molar-refractivity contribution in [2.24, 2.45) is 5.73 Å². The number of nitrogens with zero attached hydrogens (tertiary/aromatic N) is 1. The molecule has 0 unspecified atom stereocenters. The molecule has 3 rings (SSSR count). The van der Waals surface area contributed by atoms with Crippen LogP contribution in [0.1, 0.15) is 5.56 Å². The van der Waals surface area contributed by atoms with Gasteiger partial charge in [0.25, 0.3) is 17.7 Å². The highest BCUT2D eigenvalue weighted by molar-refractivity contribution is 9.10. The Morgan fingerprint density at radius 2 is 1.86 bits per heavy atom. The number of urea groups is 1. The van der Waals surface area contributed by atoms with E-state index in [2.05, 4.69) is 21.2 Å². The molecule has 0 saturated carbocycles.